The van der Waals surface area contributed by atoms with Gasteiger partial charge in [0.05, 0.1) is 17.5 Å². The number of carbonyl (C=O) groups is 2. The van der Waals surface area contributed by atoms with Gasteiger partial charge in [-0.3, -0.25) is 9.59 Å². The summed E-state index contributed by atoms with van der Waals surface area (Å²) in [5.74, 6) is 0.303. The molecule has 4 atom stereocenters. The van der Waals surface area contributed by atoms with Gasteiger partial charge in [0.1, 0.15) is 11.9 Å². The van der Waals surface area contributed by atoms with Crippen LogP contribution in [0.1, 0.15) is 43.4 Å². The van der Waals surface area contributed by atoms with E-state index >= 15 is 0 Å². The third kappa shape index (κ3) is 3.41. The number of amides is 1. The molecule has 0 saturated heterocycles. The van der Waals surface area contributed by atoms with E-state index in [9.17, 15) is 14.7 Å². The van der Waals surface area contributed by atoms with Crippen LogP contribution in [0, 0.1) is 11.8 Å². The minimum Gasteiger partial charge on any atom is -0.508 e. The maximum Gasteiger partial charge on any atom is 0.290 e. The lowest BCUT2D eigenvalue weighted by Gasteiger charge is -2.37. The minimum absolute atomic E-state index is 0.0193. The fraction of sp³-hybridized carbons (Fsp3) is 0.360. The van der Waals surface area contributed by atoms with Crippen molar-refractivity contribution < 1.29 is 19.4 Å². The van der Waals surface area contributed by atoms with E-state index in [-0.39, 0.29) is 41.8 Å². The Morgan fingerprint density at radius 1 is 1.10 bits per heavy atom. The first-order valence-electron chi connectivity index (χ1n) is 10.7. The molecular weight excluding hydrogens is 414 g/mol. The lowest BCUT2D eigenvalue weighted by atomic mass is 9.74. The third-order valence-corrected chi connectivity index (χ3v) is 7.08. The van der Waals surface area contributed by atoms with E-state index in [0.29, 0.717) is 16.5 Å². The van der Waals surface area contributed by atoms with Crippen molar-refractivity contribution in [3.8, 4) is 5.75 Å². The molecule has 2 aromatic rings. The number of Topliss-reactive ketones (excluding diaryl/α,β-unsaturated/α-hetero) is 1. The van der Waals surface area contributed by atoms with E-state index in [1.54, 1.807) is 35.2 Å². The maximum atomic E-state index is 13.7. The molecule has 1 aliphatic carbocycles. The zero-order chi connectivity index (χ0) is 21.7. The minimum atomic E-state index is -0.565. The number of ketones is 1. The number of carbonyl (C=O) groups excluding carboxylic acids is 2. The number of ether oxygens (including phenoxy) is 1. The van der Waals surface area contributed by atoms with Gasteiger partial charge in [0.2, 0.25) is 0 Å². The molecule has 1 amide bonds. The first kappa shape index (κ1) is 20.1. The molecule has 4 unspecified atom stereocenters. The Kier molecular flexibility index (Phi) is 5.01. The highest BCUT2D eigenvalue weighted by Gasteiger charge is 2.52. The Labute approximate surface area is 186 Å². The van der Waals surface area contributed by atoms with Crippen LogP contribution in [0.25, 0.3) is 0 Å². The molecule has 0 bridgehead atoms. The summed E-state index contributed by atoms with van der Waals surface area (Å²) in [7, 11) is 0. The summed E-state index contributed by atoms with van der Waals surface area (Å²) in [6, 6.07) is 13.5. The van der Waals surface area contributed by atoms with Gasteiger partial charge >= 0.3 is 0 Å². The topological polar surface area (TPSA) is 66.8 Å². The van der Waals surface area contributed by atoms with Crippen LogP contribution in [0.5, 0.6) is 5.75 Å². The van der Waals surface area contributed by atoms with E-state index in [1.807, 2.05) is 18.2 Å². The SMILES string of the molecule is CC1CCC2OC3=C(C(=O)C2C1)C(c1ccc(O)cc1)N(Cc1ccccc1Cl)C3=O. The molecule has 5 nitrogen and oxygen atoms in total. The summed E-state index contributed by atoms with van der Waals surface area (Å²) in [5.41, 5.74) is 2.01. The number of fused-ring (bicyclic) bond motifs is 1. The number of phenolic OH excluding ortho intramolecular Hbond substituents is 1. The lowest BCUT2D eigenvalue weighted by Crippen LogP contribution is -2.41. The molecular formula is C25H24ClNO4. The molecule has 160 valence electrons. The van der Waals surface area contributed by atoms with Crippen molar-refractivity contribution in [2.45, 2.75) is 44.9 Å². The summed E-state index contributed by atoms with van der Waals surface area (Å²) in [6.07, 6.45) is 2.33. The summed E-state index contributed by atoms with van der Waals surface area (Å²) in [4.78, 5) is 28.8. The van der Waals surface area contributed by atoms with Crippen LogP contribution in [0.4, 0.5) is 0 Å². The monoisotopic (exact) mass is 437 g/mol. The predicted octanol–water partition coefficient (Wildman–Crippen LogP) is 4.79. The van der Waals surface area contributed by atoms with Crippen molar-refractivity contribution in [1.82, 2.24) is 4.90 Å². The van der Waals surface area contributed by atoms with Crippen molar-refractivity contribution in [3.05, 3.63) is 76.0 Å². The molecule has 0 spiro atoms. The van der Waals surface area contributed by atoms with Gasteiger partial charge in [-0.15, -0.1) is 0 Å². The summed E-state index contributed by atoms with van der Waals surface area (Å²) in [6.45, 7) is 2.42. The average molecular weight is 438 g/mol. The van der Waals surface area contributed by atoms with Crippen LogP contribution in [0.2, 0.25) is 5.02 Å². The second-order valence-corrected chi connectivity index (χ2v) is 9.21. The van der Waals surface area contributed by atoms with Gasteiger partial charge in [0.25, 0.3) is 5.91 Å². The largest absolute Gasteiger partial charge is 0.508 e. The third-order valence-electron chi connectivity index (χ3n) is 6.71. The number of rotatable bonds is 3. The Balaban J connectivity index is 1.59. The zero-order valence-corrected chi connectivity index (χ0v) is 18.0. The molecule has 0 aromatic heterocycles. The van der Waals surface area contributed by atoms with Gasteiger partial charge in [0, 0.05) is 11.6 Å². The molecule has 5 rings (SSSR count). The molecule has 3 aliphatic rings. The first-order chi connectivity index (χ1) is 14.9. The molecule has 2 aliphatic heterocycles. The van der Waals surface area contributed by atoms with Gasteiger partial charge in [-0.05, 0) is 54.5 Å². The van der Waals surface area contributed by atoms with Crippen LogP contribution in [0.3, 0.4) is 0 Å². The van der Waals surface area contributed by atoms with Crippen LogP contribution in [0.15, 0.2) is 59.9 Å². The number of phenols is 1. The Morgan fingerprint density at radius 3 is 2.58 bits per heavy atom. The highest BCUT2D eigenvalue weighted by atomic mass is 35.5. The van der Waals surface area contributed by atoms with Crippen molar-refractivity contribution in [2.75, 3.05) is 0 Å². The molecule has 0 radical (unpaired) electrons. The molecule has 2 heterocycles. The van der Waals surface area contributed by atoms with Crippen molar-refractivity contribution in [1.29, 1.82) is 0 Å². The number of hydrogen-bond donors (Lipinski definition) is 1. The highest BCUT2D eigenvalue weighted by Crippen LogP contribution is 2.48. The van der Waals surface area contributed by atoms with Gasteiger partial charge in [-0.25, -0.2) is 0 Å². The number of halogens is 1. The molecule has 1 saturated carbocycles. The van der Waals surface area contributed by atoms with Crippen molar-refractivity contribution in [3.63, 3.8) is 0 Å². The van der Waals surface area contributed by atoms with E-state index in [2.05, 4.69) is 6.92 Å². The lowest BCUT2D eigenvalue weighted by molar-refractivity contribution is -0.136. The normalized spacial score (nSPS) is 27.7. The van der Waals surface area contributed by atoms with Gasteiger partial charge < -0.3 is 14.7 Å². The van der Waals surface area contributed by atoms with Crippen molar-refractivity contribution in [2.24, 2.45) is 11.8 Å². The summed E-state index contributed by atoms with van der Waals surface area (Å²) < 4.78 is 6.20. The van der Waals surface area contributed by atoms with E-state index in [4.69, 9.17) is 16.3 Å². The van der Waals surface area contributed by atoms with Crippen LogP contribution in [-0.4, -0.2) is 27.8 Å². The maximum absolute atomic E-state index is 13.7. The van der Waals surface area contributed by atoms with Gasteiger partial charge in [-0.1, -0.05) is 48.9 Å². The summed E-state index contributed by atoms with van der Waals surface area (Å²) in [5, 5.41) is 10.3. The average Bonchev–Trinajstić information content (AvgIpc) is 3.03. The first-order valence-corrected chi connectivity index (χ1v) is 11.1. The fourth-order valence-electron chi connectivity index (χ4n) is 5.10. The highest BCUT2D eigenvalue weighted by molar-refractivity contribution is 6.31. The fourth-order valence-corrected chi connectivity index (χ4v) is 5.30. The number of benzene rings is 2. The van der Waals surface area contributed by atoms with E-state index in [1.165, 1.54) is 0 Å². The van der Waals surface area contributed by atoms with Crippen LogP contribution < -0.4 is 0 Å². The molecule has 31 heavy (non-hydrogen) atoms. The Morgan fingerprint density at radius 2 is 1.84 bits per heavy atom. The standard InChI is InChI=1S/C25H24ClNO4/c1-14-6-11-20-18(12-14)23(29)21-22(15-7-9-17(28)10-8-15)27(25(30)24(21)31-20)13-16-4-2-3-5-19(16)26/h2-5,7-10,14,18,20,22,28H,6,11-13H2,1H3. The van der Waals surface area contributed by atoms with Gasteiger partial charge in [0.15, 0.2) is 11.5 Å². The predicted molar refractivity (Wildman–Crippen MR) is 116 cm³/mol. The molecule has 6 heteroatoms. The number of hydrogen-bond acceptors (Lipinski definition) is 4. The van der Waals surface area contributed by atoms with E-state index in [0.717, 1.165) is 30.4 Å². The Bertz CT molecular complexity index is 1080. The van der Waals surface area contributed by atoms with Gasteiger partial charge in [-0.2, -0.15) is 0 Å². The smallest absolute Gasteiger partial charge is 0.290 e. The van der Waals surface area contributed by atoms with Crippen molar-refractivity contribution >= 4 is 23.3 Å². The number of nitrogens with zero attached hydrogens (tertiary/aromatic N) is 1. The van der Waals surface area contributed by atoms with Crippen LogP contribution in [-0.2, 0) is 20.9 Å². The zero-order valence-electron chi connectivity index (χ0n) is 17.3. The molecule has 1 N–H and O–H groups in total. The second kappa shape index (κ2) is 7.72. The van der Waals surface area contributed by atoms with E-state index < -0.39 is 6.04 Å². The number of aromatic hydroxyl groups is 1. The summed E-state index contributed by atoms with van der Waals surface area (Å²) >= 11 is 6.38. The Hall–Kier alpha value is -2.79. The molecule has 2 aromatic carbocycles. The van der Waals surface area contributed by atoms with Crippen LogP contribution >= 0.6 is 11.6 Å². The molecule has 1 fully saturated rings. The quantitative estimate of drug-likeness (QED) is 0.749. The second-order valence-electron chi connectivity index (χ2n) is 8.81.